The second-order valence-electron chi connectivity index (χ2n) is 6.14. The van der Waals surface area contributed by atoms with Crippen LogP contribution >= 0.6 is 0 Å². The Morgan fingerprint density at radius 3 is 3.00 bits per heavy atom. The SMILES string of the molecule is Cc1ccc2c(C)c(C(=O)N3CCc4ncccc4C3)oc2c1. The molecule has 0 unspecified atom stereocenters. The summed E-state index contributed by atoms with van der Waals surface area (Å²) in [5.41, 5.74) is 5.04. The molecule has 4 nitrogen and oxygen atoms in total. The van der Waals surface area contributed by atoms with Crippen molar-refractivity contribution in [2.75, 3.05) is 6.54 Å². The molecule has 0 atom stereocenters. The van der Waals surface area contributed by atoms with E-state index in [1.165, 1.54) is 0 Å². The lowest BCUT2D eigenvalue weighted by molar-refractivity contribution is 0.0702. The van der Waals surface area contributed by atoms with Crippen LogP contribution in [0.15, 0.2) is 40.9 Å². The first-order valence-electron chi connectivity index (χ1n) is 7.85. The van der Waals surface area contributed by atoms with Crippen molar-refractivity contribution in [2.24, 2.45) is 0 Å². The molecule has 0 fully saturated rings. The number of benzene rings is 1. The molecular weight excluding hydrogens is 288 g/mol. The highest BCUT2D eigenvalue weighted by Crippen LogP contribution is 2.28. The van der Waals surface area contributed by atoms with E-state index in [2.05, 4.69) is 4.98 Å². The summed E-state index contributed by atoms with van der Waals surface area (Å²) in [4.78, 5) is 19.1. The third kappa shape index (κ3) is 2.31. The number of pyridine rings is 1. The van der Waals surface area contributed by atoms with Gasteiger partial charge in [-0.1, -0.05) is 18.2 Å². The first-order valence-corrected chi connectivity index (χ1v) is 7.85. The van der Waals surface area contributed by atoms with Crippen molar-refractivity contribution >= 4 is 16.9 Å². The molecule has 0 bridgehead atoms. The van der Waals surface area contributed by atoms with Crippen molar-refractivity contribution < 1.29 is 9.21 Å². The van der Waals surface area contributed by atoms with E-state index in [1.54, 1.807) is 0 Å². The number of carbonyl (C=O) groups is 1. The van der Waals surface area contributed by atoms with Crippen LogP contribution in [0, 0.1) is 13.8 Å². The van der Waals surface area contributed by atoms with E-state index in [-0.39, 0.29) is 5.91 Å². The van der Waals surface area contributed by atoms with E-state index in [0.29, 0.717) is 18.8 Å². The average Bonchev–Trinajstić information content (AvgIpc) is 2.89. The van der Waals surface area contributed by atoms with Gasteiger partial charge in [-0.3, -0.25) is 9.78 Å². The maximum atomic E-state index is 12.9. The van der Waals surface area contributed by atoms with Crippen molar-refractivity contribution in [3.05, 3.63) is 64.7 Å². The molecule has 1 aliphatic rings. The summed E-state index contributed by atoms with van der Waals surface area (Å²) in [5, 5.41) is 1.01. The molecular formula is C19H18N2O2. The molecule has 0 radical (unpaired) electrons. The third-order valence-electron chi connectivity index (χ3n) is 4.54. The monoisotopic (exact) mass is 306 g/mol. The van der Waals surface area contributed by atoms with Crippen LogP contribution < -0.4 is 0 Å². The molecule has 3 aromatic rings. The lowest BCUT2D eigenvalue weighted by Gasteiger charge is -2.27. The topological polar surface area (TPSA) is 46.3 Å². The summed E-state index contributed by atoms with van der Waals surface area (Å²) in [6, 6.07) is 10.0. The lowest BCUT2D eigenvalue weighted by Crippen LogP contribution is -2.36. The van der Waals surface area contributed by atoms with E-state index < -0.39 is 0 Å². The van der Waals surface area contributed by atoms with Crippen molar-refractivity contribution in [1.29, 1.82) is 0 Å². The molecule has 2 aromatic heterocycles. The van der Waals surface area contributed by atoms with Crippen LogP contribution in [0.25, 0.3) is 11.0 Å². The van der Waals surface area contributed by atoms with E-state index in [9.17, 15) is 4.79 Å². The van der Waals surface area contributed by atoms with E-state index >= 15 is 0 Å². The van der Waals surface area contributed by atoms with Crippen molar-refractivity contribution in [1.82, 2.24) is 9.88 Å². The Morgan fingerprint density at radius 2 is 2.13 bits per heavy atom. The van der Waals surface area contributed by atoms with Gasteiger partial charge in [0, 0.05) is 42.4 Å². The van der Waals surface area contributed by atoms with Crippen LogP contribution in [0.4, 0.5) is 0 Å². The summed E-state index contributed by atoms with van der Waals surface area (Å²) >= 11 is 0. The maximum Gasteiger partial charge on any atom is 0.290 e. The molecule has 3 heterocycles. The third-order valence-corrected chi connectivity index (χ3v) is 4.54. The highest BCUT2D eigenvalue weighted by Gasteiger charge is 2.26. The normalized spacial score (nSPS) is 14.1. The number of hydrogen-bond donors (Lipinski definition) is 0. The number of nitrogens with zero attached hydrogens (tertiary/aromatic N) is 2. The van der Waals surface area contributed by atoms with Gasteiger partial charge in [-0.05, 0) is 37.1 Å². The molecule has 1 amide bonds. The Bertz CT molecular complexity index is 911. The van der Waals surface area contributed by atoms with Crippen LogP contribution in [0.3, 0.4) is 0 Å². The number of hydrogen-bond acceptors (Lipinski definition) is 3. The van der Waals surface area contributed by atoms with Gasteiger partial charge in [0.1, 0.15) is 5.58 Å². The predicted molar refractivity (Wildman–Crippen MR) is 88.4 cm³/mol. The van der Waals surface area contributed by atoms with Crippen LogP contribution in [-0.4, -0.2) is 22.3 Å². The molecule has 0 aliphatic carbocycles. The molecule has 23 heavy (non-hydrogen) atoms. The average molecular weight is 306 g/mol. The van der Waals surface area contributed by atoms with E-state index in [4.69, 9.17) is 4.42 Å². The summed E-state index contributed by atoms with van der Waals surface area (Å²) in [6.45, 7) is 5.25. The van der Waals surface area contributed by atoms with Gasteiger partial charge in [-0.25, -0.2) is 0 Å². The number of rotatable bonds is 1. The molecule has 0 spiro atoms. The van der Waals surface area contributed by atoms with Crippen molar-refractivity contribution in [3.8, 4) is 0 Å². The van der Waals surface area contributed by atoms with Crippen LogP contribution in [-0.2, 0) is 13.0 Å². The van der Waals surface area contributed by atoms with Gasteiger partial charge >= 0.3 is 0 Å². The van der Waals surface area contributed by atoms with Gasteiger partial charge < -0.3 is 9.32 Å². The zero-order valence-electron chi connectivity index (χ0n) is 13.3. The standard InChI is InChI=1S/C19H18N2O2/c1-12-5-6-15-13(2)18(23-17(15)10-12)19(22)21-9-7-16-14(11-21)4-3-8-20-16/h3-6,8,10H,7,9,11H2,1-2H3. The minimum atomic E-state index is -0.0362. The van der Waals surface area contributed by atoms with Crippen LogP contribution in [0.1, 0.15) is 32.9 Å². The number of aryl methyl sites for hydroxylation is 2. The molecule has 4 heteroatoms. The van der Waals surface area contributed by atoms with Crippen molar-refractivity contribution in [2.45, 2.75) is 26.8 Å². The largest absolute Gasteiger partial charge is 0.451 e. The van der Waals surface area contributed by atoms with Crippen LogP contribution in [0.2, 0.25) is 0 Å². The zero-order chi connectivity index (χ0) is 16.0. The Hall–Kier alpha value is -2.62. The van der Waals surface area contributed by atoms with Gasteiger partial charge in [0.05, 0.1) is 0 Å². The quantitative estimate of drug-likeness (QED) is 0.689. The second kappa shape index (κ2) is 5.23. The number of furan rings is 1. The van der Waals surface area contributed by atoms with Gasteiger partial charge in [0.25, 0.3) is 5.91 Å². The van der Waals surface area contributed by atoms with Crippen LogP contribution in [0.5, 0.6) is 0 Å². The fraction of sp³-hybridized carbons (Fsp3) is 0.263. The number of fused-ring (bicyclic) bond motifs is 2. The molecule has 4 rings (SSSR count). The highest BCUT2D eigenvalue weighted by atomic mass is 16.3. The first-order chi connectivity index (χ1) is 11.1. The number of carbonyl (C=O) groups excluding carboxylic acids is 1. The van der Waals surface area contributed by atoms with E-state index in [0.717, 1.165) is 39.8 Å². The first kappa shape index (κ1) is 14.0. The molecule has 1 aliphatic heterocycles. The Labute approximate surface area is 134 Å². The minimum absolute atomic E-state index is 0.0362. The number of aromatic nitrogens is 1. The van der Waals surface area contributed by atoms with Gasteiger partial charge in [0.2, 0.25) is 0 Å². The molecule has 0 N–H and O–H groups in total. The molecule has 0 saturated carbocycles. The van der Waals surface area contributed by atoms with Gasteiger partial charge in [-0.2, -0.15) is 0 Å². The van der Waals surface area contributed by atoms with Crippen molar-refractivity contribution in [3.63, 3.8) is 0 Å². The minimum Gasteiger partial charge on any atom is -0.451 e. The molecule has 116 valence electrons. The maximum absolute atomic E-state index is 12.9. The smallest absolute Gasteiger partial charge is 0.290 e. The summed E-state index contributed by atoms with van der Waals surface area (Å²) < 4.78 is 5.88. The predicted octanol–water partition coefficient (Wildman–Crippen LogP) is 3.64. The Kier molecular flexibility index (Phi) is 3.18. The summed E-state index contributed by atoms with van der Waals surface area (Å²) in [7, 11) is 0. The Balaban J connectivity index is 1.69. The lowest BCUT2D eigenvalue weighted by atomic mass is 10.0. The molecule has 0 saturated heterocycles. The number of amides is 1. The second-order valence-corrected chi connectivity index (χ2v) is 6.14. The van der Waals surface area contributed by atoms with Gasteiger partial charge in [-0.15, -0.1) is 0 Å². The fourth-order valence-corrected chi connectivity index (χ4v) is 3.22. The van der Waals surface area contributed by atoms with E-state index in [1.807, 2.05) is 55.3 Å². The molecule has 1 aromatic carbocycles. The van der Waals surface area contributed by atoms with Gasteiger partial charge in [0.15, 0.2) is 5.76 Å². The summed E-state index contributed by atoms with van der Waals surface area (Å²) in [6.07, 6.45) is 2.60. The highest BCUT2D eigenvalue weighted by molar-refractivity contribution is 5.99. The Morgan fingerprint density at radius 1 is 1.26 bits per heavy atom. The summed E-state index contributed by atoms with van der Waals surface area (Å²) in [5.74, 6) is 0.420. The fourth-order valence-electron chi connectivity index (χ4n) is 3.22. The zero-order valence-corrected chi connectivity index (χ0v) is 13.3.